The minimum absolute atomic E-state index is 0.0899. The van der Waals surface area contributed by atoms with E-state index in [9.17, 15) is 19.7 Å². The first-order valence-electron chi connectivity index (χ1n) is 6.86. The Morgan fingerprint density at radius 2 is 2.18 bits per heavy atom. The number of ether oxygens (including phenoxy) is 1. The molecule has 9 nitrogen and oxygen atoms in total. The van der Waals surface area contributed by atoms with Crippen molar-refractivity contribution >= 4 is 17.6 Å². The SMILES string of the molecule is CC(C)(C)OC(=O)N1CCC(=O)C(n2cc([N+](=O)[O-])cn2)C1. The van der Waals surface area contributed by atoms with Gasteiger partial charge in [-0.15, -0.1) is 0 Å². The number of hydrogen-bond acceptors (Lipinski definition) is 6. The molecule has 0 saturated carbocycles. The molecule has 1 saturated heterocycles. The number of amides is 1. The van der Waals surface area contributed by atoms with Crippen LogP contribution >= 0.6 is 0 Å². The average Bonchev–Trinajstić information content (AvgIpc) is 2.86. The number of rotatable bonds is 2. The van der Waals surface area contributed by atoms with Crippen LogP contribution in [-0.4, -0.2) is 50.2 Å². The highest BCUT2D eigenvalue weighted by atomic mass is 16.6. The van der Waals surface area contributed by atoms with Crippen LogP contribution < -0.4 is 0 Å². The van der Waals surface area contributed by atoms with Crippen molar-refractivity contribution in [3.05, 3.63) is 22.5 Å². The van der Waals surface area contributed by atoms with Gasteiger partial charge in [0.1, 0.15) is 24.0 Å². The van der Waals surface area contributed by atoms with Crippen LogP contribution in [0.3, 0.4) is 0 Å². The Morgan fingerprint density at radius 3 is 2.73 bits per heavy atom. The minimum Gasteiger partial charge on any atom is -0.444 e. The third kappa shape index (κ3) is 3.60. The van der Waals surface area contributed by atoms with E-state index >= 15 is 0 Å². The van der Waals surface area contributed by atoms with E-state index in [0.717, 1.165) is 6.20 Å². The van der Waals surface area contributed by atoms with Crippen molar-refractivity contribution in [2.24, 2.45) is 0 Å². The zero-order chi connectivity index (χ0) is 16.5. The highest BCUT2D eigenvalue weighted by Gasteiger charge is 2.34. The molecule has 0 spiro atoms. The predicted octanol–water partition coefficient (Wildman–Crippen LogP) is 1.54. The van der Waals surface area contributed by atoms with E-state index in [2.05, 4.69) is 5.10 Å². The van der Waals surface area contributed by atoms with Gasteiger partial charge in [0.15, 0.2) is 5.78 Å². The van der Waals surface area contributed by atoms with Crippen molar-refractivity contribution in [1.82, 2.24) is 14.7 Å². The van der Waals surface area contributed by atoms with Crippen LogP contribution in [-0.2, 0) is 9.53 Å². The lowest BCUT2D eigenvalue weighted by Crippen LogP contribution is -2.46. The number of hydrogen-bond donors (Lipinski definition) is 0. The second kappa shape index (κ2) is 5.74. The van der Waals surface area contributed by atoms with Gasteiger partial charge in [-0.1, -0.05) is 0 Å². The van der Waals surface area contributed by atoms with Gasteiger partial charge in [0.05, 0.1) is 11.5 Å². The number of likely N-dealkylation sites (tertiary alicyclic amines) is 1. The summed E-state index contributed by atoms with van der Waals surface area (Å²) < 4.78 is 6.51. The van der Waals surface area contributed by atoms with Gasteiger partial charge in [-0.2, -0.15) is 5.10 Å². The lowest BCUT2D eigenvalue weighted by Gasteiger charge is -2.33. The number of Topliss-reactive ketones (excluding diaryl/α,β-unsaturated/α-hetero) is 1. The second-order valence-corrected chi connectivity index (χ2v) is 6.09. The van der Waals surface area contributed by atoms with Gasteiger partial charge in [-0.25, -0.2) is 4.79 Å². The molecule has 1 fully saturated rings. The Hall–Kier alpha value is -2.45. The second-order valence-electron chi connectivity index (χ2n) is 6.09. The summed E-state index contributed by atoms with van der Waals surface area (Å²) in [5.74, 6) is -0.113. The summed E-state index contributed by atoms with van der Waals surface area (Å²) in [5, 5.41) is 14.5. The zero-order valence-corrected chi connectivity index (χ0v) is 12.7. The molecular formula is C13H18N4O5. The summed E-state index contributed by atoms with van der Waals surface area (Å²) in [7, 11) is 0. The Kier molecular flexibility index (Phi) is 4.16. The number of carbonyl (C=O) groups is 2. The quantitative estimate of drug-likeness (QED) is 0.605. The first-order chi connectivity index (χ1) is 10.2. The number of piperidine rings is 1. The lowest BCUT2D eigenvalue weighted by atomic mass is 10.0. The number of aromatic nitrogens is 2. The van der Waals surface area contributed by atoms with Gasteiger partial charge in [0, 0.05) is 13.0 Å². The summed E-state index contributed by atoms with van der Waals surface area (Å²) in [6, 6.07) is -0.727. The van der Waals surface area contributed by atoms with Crippen LogP contribution in [0.5, 0.6) is 0 Å². The summed E-state index contributed by atoms with van der Waals surface area (Å²) >= 11 is 0. The van der Waals surface area contributed by atoms with Crippen molar-refractivity contribution < 1.29 is 19.2 Å². The fourth-order valence-corrected chi connectivity index (χ4v) is 2.13. The molecule has 1 aromatic heterocycles. The molecule has 0 N–H and O–H groups in total. The molecule has 1 unspecified atom stereocenters. The summed E-state index contributed by atoms with van der Waals surface area (Å²) in [6.45, 7) is 5.64. The Morgan fingerprint density at radius 1 is 1.50 bits per heavy atom. The summed E-state index contributed by atoms with van der Waals surface area (Å²) in [4.78, 5) is 35.6. The third-order valence-corrected chi connectivity index (χ3v) is 3.16. The molecule has 0 aromatic carbocycles. The molecule has 2 rings (SSSR count). The predicted molar refractivity (Wildman–Crippen MR) is 75.3 cm³/mol. The molecule has 120 valence electrons. The molecule has 0 aliphatic carbocycles. The molecule has 1 atom stereocenters. The first-order valence-corrected chi connectivity index (χ1v) is 6.86. The van der Waals surface area contributed by atoms with Gasteiger partial charge in [0.2, 0.25) is 0 Å². The van der Waals surface area contributed by atoms with Gasteiger partial charge in [-0.05, 0) is 20.8 Å². The molecule has 1 aromatic rings. The van der Waals surface area contributed by atoms with Crippen molar-refractivity contribution in [2.75, 3.05) is 13.1 Å². The number of nitrogens with zero attached hydrogens (tertiary/aromatic N) is 4. The monoisotopic (exact) mass is 310 g/mol. The first kappa shape index (κ1) is 15.9. The summed E-state index contributed by atoms with van der Waals surface area (Å²) in [6.07, 6.45) is 1.94. The maximum atomic E-state index is 12.1. The van der Waals surface area contributed by atoms with E-state index in [1.165, 1.54) is 15.8 Å². The number of carbonyl (C=O) groups excluding carboxylic acids is 2. The van der Waals surface area contributed by atoms with E-state index < -0.39 is 22.7 Å². The van der Waals surface area contributed by atoms with E-state index in [0.29, 0.717) is 0 Å². The van der Waals surface area contributed by atoms with E-state index in [-0.39, 0.29) is 31.0 Å². The highest BCUT2D eigenvalue weighted by molar-refractivity contribution is 5.85. The molecule has 1 amide bonds. The van der Waals surface area contributed by atoms with E-state index in [4.69, 9.17) is 4.74 Å². The topological polar surface area (TPSA) is 108 Å². The Balaban J connectivity index is 2.12. The lowest BCUT2D eigenvalue weighted by molar-refractivity contribution is -0.385. The summed E-state index contributed by atoms with van der Waals surface area (Å²) in [5.41, 5.74) is -0.819. The van der Waals surface area contributed by atoms with Gasteiger partial charge < -0.3 is 9.64 Å². The van der Waals surface area contributed by atoms with Crippen molar-refractivity contribution in [1.29, 1.82) is 0 Å². The van der Waals surface area contributed by atoms with Crippen molar-refractivity contribution in [2.45, 2.75) is 38.8 Å². The molecule has 0 bridgehead atoms. The standard InChI is InChI=1S/C13H18N4O5/c1-13(2,3)22-12(19)15-5-4-11(18)10(8-15)16-7-9(6-14-16)17(20)21/h6-7,10H,4-5,8H2,1-3H3. The Bertz CT molecular complexity index is 604. The minimum atomic E-state index is -0.727. The van der Waals surface area contributed by atoms with Crippen molar-refractivity contribution in [3.63, 3.8) is 0 Å². The molecule has 0 radical (unpaired) electrons. The Labute approximate surface area is 127 Å². The van der Waals surface area contributed by atoms with Crippen LogP contribution in [0.1, 0.15) is 33.2 Å². The van der Waals surface area contributed by atoms with Gasteiger partial charge in [0.25, 0.3) is 0 Å². The van der Waals surface area contributed by atoms with E-state index in [1.54, 1.807) is 20.8 Å². The molecule has 1 aliphatic heterocycles. The number of nitro groups is 1. The highest BCUT2D eigenvalue weighted by Crippen LogP contribution is 2.22. The van der Waals surface area contributed by atoms with Crippen LogP contribution in [0.15, 0.2) is 12.4 Å². The van der Waals surface area contributed by atoms with Gasteiger partial charge >= 0.3 is 11.8 Å². The average molecular weight is 310 g/mol. The maximum absolute atomic E-state index is 12.1. The maximum Gasteiger partial charge on any atom is 0.410 e. The largest absolute Gasteiger partial charge is 0.444 e. The normalized spacial score (nSPS) is 19.1. The van der Waals surface area contributed by atoms with E-state index in [1.807, 2.05) is 0 Å². The molecule has 22 heavy (non-hydrogen) atoms. The molecule has 2 heterocycles. The van der Waals surface area contributed by atoms with Crippen LogP contribution in [0, 0.1) is 10.1 Å². The van der Waals surface area contributed by atoms with Crippen molar-refractivity contribution in [3.8, 4) is 0 Å². The third-order valence-electron chi connectivity index (χ3n) is 3.16. The zero-order valence-electron chi connectivity index (χ0n) is 12.7. The van der Waals surface area contributed by atoms with Crippen LogP contribution in [0.25, 0.3) is 0 Å². The smallest absolute Gasteiger partial charge is 0.410 e. The molecular weight excluding hydrogens is 292 g/mol. The number of ketones is 1. The molecule has 9 heteroatoms. The fraction of sp³-hybridized carbons (Fsp3) is 0.615. The van der Waals surface area contributed by atoms with Crippen LogP contribution in [0.4, 0.5) is 10.5 Å². The fourth-order valence-electron chi connectivity index (χ4n) is 2.13. The van der Waals surface area contributed by atoms with Crippen LogP contribution in [0.2, 0.25) is 0 Å². The molecule has 1 aliphatic rings. The van der Waals surface area contributed by atoms with Gasteiger partial charge in [-0.3, -0.25) is 19.6 Å².